The number of nitroso groups, excluding NO2 is 1. The number of rotatable bonds is 1. The smallest absolute Gasteiger partial charge is 0.188 e. The van der Waals surface area contributed by atoms with E-state index in [1.165, 1.54) is 6.92 Å². The van der Waals surface area contributed by atoms with Crippen molar-refractivity contribution >= 4 is 5.69 Å². The zero-order valence-electron chi connectivity index (χ0n) is 6.99. The van der Waals surface area contributed by atoms with Crippen LogP contribution in [0.2, 0.25) is 0 Å². The maximum Gasteiger partial charge on any atom is 0.188 e. The number of halogens is 3. The van der Waals surface area contributed by atoms with E-state index in [1.807, 2.05) is 0 Å². The molecule has 0 spiro atoms. The highest BCUT2D eigenvalue weighted by molar-refractivity contribution is 5.49. The van der Waals surface area contributed by atoms with Gasteiger partial charge in [-0.1, -0.05) is 0 Å². The summed E-state index contributed by atoms with van der Waals surface area (Å²) in [7, 11) is 0. The zero-order valence-corrected chi connectivity index (χ0v) is 6.99. The van der Waals surface area contributed by atoms with Gasteiger partial charge in [0.25, 0.3) is 0 Å². The molecule has 0 aliphatic carbocycles. The first kappa shape index (κ1) is 9.70. The molecule has 1 aromatic rings. The molecular weight excluding hydrogens is 183 g/mol. The van der Waals surface area contributed by atoms with Gasteiger partial charge in [-0.05, 0) is 19.0 Å². The molecule has 0 heterocycles. The van der Waals surface area contributed by atoms with E-state index >= 15 is 0 Å². The summed E-state index contributed by atoms with van der Waals surface area (Å²) < 4.78 is 38.7. The number of hydrogen-bond acceptors (Lipinski definition) is 2. The maximum atomic E-state index is 13.0. The van der Waals surface area contributed by atoms with Gasteiger partial charge in [0.05, 0.1) is 0 Å². The van der Waals surface area contributed by atoms with Gasteiger partial charge in [-0.15, -0.1) is 4.91 Å². The van der Waals surface area contributed by atoms with Gasteiger partial charge in [0.15, 0.2) is 17.3 Å². The van der Waals surface area contributed by atoms with Crippen molar-refractivity contribution in [1.82, 2.24) is 0 Å². The van der Waals surface area contributed by atoms with Crippen LogP contribution in [0.25, 0.3) is 0 Å². The van der Waals surface area contributed by atoms with Crippen molar-refractivity contribution in [2.24, 2.45) is 5.18 Å². The SMILES string of the molecule is Cc1c(F)c(C)c(N=O)c(F)c1F. The molecule has 0 aliphatic rings. The fraction of sp³-hybridized carbons (Fsp3) is 0.250. The van der Waals surface area contributed by atoms with Gasteiger partial charge in [0.2, 0.25) is 0 Å². The highest BCUT2D eigenvalue weighted by Gasteiger charge is 2.20. The van der Waals surface area contributed by atoms with E-state index in [2.05, 4.69) is 5.18 Å². The van der Waals surface area contributed by atoms with Crippen LogP contribution in [0.4, 0.5) is 18.9 Å². The lowest BCUT2D eigenvalue weighted by molar-refractivity contribution is 0.485. The molecule has 0 N–H and O–H groups in total. The van der Waals surface area contributed by atoms with Crippen molar-refractivity contribution in [2.75, 3.05) is 0 Å². The van der Waals surface area contributed by atoms with Crippen LogP contribution >= 0.6 is 0 Å². The second-order valence-electron chi connectivity index (χ2n) is 2.63. The molecule has 0 radical (unpaired) electrons. The Kier molecular flexibility index (Phi) is 2.36. The molecule has 0 saturated heterocycles. The van der Waals surface area contributed by atoms with Crippen molar-refractivity contribution in [3.8, 4) is 0 Å². The summed E-state index contributed by atoms with van der Waals surface area (Å²) in [5.74, 6) is -3.70. The molecule has 70 valence electrons. The molecule has 0 saturated carbocycles. The fourth-order valence-corrected chi connectivity index (χ4v) is 1.02. The molecule has 0 aromatic heterocycles. The molecule has 0 aliphatic heterocycles. The number of nitrogens with zero attached hydrogens (tertiary/aromatic N) is 1. The van der Waals surface area contributed by atoms with E-state index in [-0.39, 0.29) is 5.56 Å². The van der Waals surface area contributed by atoms with Gasteiger partial charge in [-0.25, -0.2) is 13.2 Å². The quantitative estimate of drug-likeness (QED) is 0.493. The highest BCUT2D eigenvalue weighted by Crippen LogP contribution is 2.29. The normalized spacial score (nSPS) is 10.2. The van der Waals surface area contributed by atoms with Crippen LogP contribution in [-0.2, 0) is 0 Å². The third kappa shape index (κ3) is 1.30. The molecule has 0 bridgehead atoms. The number of benzene rings is 1. The van der Waals surface area contributed by atoms with Crippen LogP contribution in [0.5, 0.6) is 0 Å². The summed E-state index contributed by atoms with van der Waals surface area (Å²) in [6.07, 6.45) is 0. The van der Waals surface area contributed by atoms with Crippen LogP contribution in [0.15, 0.2) is 5.18 Å². The summed E-state index contributed by atoms with van der Waals surface area (Å²) in [5.41, 5.74) is -1.52. The van der Waals surface area contributed by atoms with Crippen molar-refractivity contribution < 1.29 is 13.2 Å². The van der Waals surface area contributed by atoms with E-state index in [9.17, 15) is 18.1 Å². The first-order valence-electron chi connectivity index (χ1n) is 3.47. The summed E-state index contributed by atoms with van der Waals surface area (Å²) in [6.45, 7) is 2.26. The Morgan fingerprint density at radius 2 is 1.46 bits per heavy atom. The van der Waals surface area contributed by atoms with Crippen molar-refractivity contribution in [3.63, 3.8) is 0 Å². The Balaban J connectivity index is 3.66. The molecule has 0 unspecified atom stereocenters. The van der Waals surface area contributed by atoms with Gasteiger partial charge in [-0.3, -0.25) is 0 Å². The molecule has 1 aromatic carbocycles. The highest BCUT2D eigenvalue weighted by atomic mass is 19.2. The Morgan fingerprint density at radius 1 is 0.923 bits per heavy atom. The van der Waals surface area contributed by atoms with E-state index in [0.717, 1.165) is 6.92 Å². The maximum absolute atomic E-state index is 13.0. The average molecular weight is 189 g/mol. The molecule has 0 atom stereocenters. The minimum atomic E-state index is -1.40. The second kappa shape index (κ2) is 3.16. The first-order valence-corrected chi connectivity index (χ1v) is 3.47. The average Bonchev–Trinajstić information content (AvgIpc) is 2.13. The van der Waals surface area contributed by atoms with Crippen LogP contribution in [0, 0.1) is 36.2 Å². The summed E-state index contributed by atoms with van der Waals surface area (Å²) in [5, 5.41) is 2.23. The number of hydrogen-bond donors (Lipinski definition) is 0. The van der Waals surface area contributed by atoms with Crippen molar-refractivity contribution in [2.45, 2.75) is 13.8 Å². The predicted octanol–water partition coefficient (Wildman–Crippen LogP) is 3.12. The summed E-state index contributed by atoms with van der Waals surface area (Å²) in [6, 6.07) is 0. The lowest BCUT2D eigenvalue weighted by Crippen LogP contribution is -1.98. The minimum absolute atomic E-state index is 0.272. The lowest BCUT2D eigenvalue weighted by atomic mass is 10.1. The predicted molar refractivity (Wildman–Crippen MR) is 41.2 cm³/mol. The largest absolute Gasteiger partial charge is 0.206 e. The van der Waals surface area contributed by atoms with Gasteiger partial charge >= 0.3 is 0 Å². The van der Waals surface area contributed by atoms with Crippen molar-refractivity contribution in [1.29, 1.82) is 0 Å². The Hall–Kier alpha value is -1.39. The molecule has 2 nitrogen and oxygen atoms in total. The third-order valence-electron chi connectivity index (χ3n) is 1.83. The van der Waals surface area contributed by atoms with Crippen LogP contribution in [0.3, 0.4) is 0 Å². The van der Waals surface area contributed by atoms with E-state index in [1.54, 1.807) is 0 Å². The zero-order chi connectivity index (χ0) is 10.2. The van der Waals surface area contributed by atoms with E-state index < -0.39 is 28.7 Å². The molecule has 0 amide bonds. The van der Waals surface area contributed by atoms with Crippen LogP contribution < -0.4 is 0 Å². The topological polar surface area (TPSA) is 29.4 Å². The van der Waals surface area contributed by atoms with Gasteiger partial charge in [0, 0.05) is 11.1 Å². The first-order chi connectivity index (χ1) is 6.00. The molecule has 5 heteroatoms. The lowest BCUT2D eigenvalue weighted by Gasteiger charge is -2.05. The molecular formula is C8H6F3NO. The third-order valence-corrected chi connectivity index (χ3v) is 1.83. The monoisotopic (exact) mass is 189 g/mol. The Morgan fingerprint density at radius 3 is 1.92 bits per heavy atom. The van der Waals surface area contributed by atoms with Gasteiger partial charge < -0.3 is 0 Å². The molecule has 1 rings (SSSR count). The van der Waals surface area contributed by atoms with Crippen LogP contribution in [0.1, 0.15) is 11.1 Å². The standard InChI is InChI=1S/C8H6F3NO/c1-3-5(9)4(2)8(12-13)7(11)6(3)10/h1-2H3. The Bertz CT molecular complexity index is 347. The van der Waals surface area contributed by atoms with E-state index in [4.69, 9.17) is 0 Å². The minimum Gasteiger partial charge on any atom is -0.206 e. The summed E-state index contributed by atoms with van der Waals surface area (Å²) >= 11 is 0. The summed E-state index contributed by atoms with van der Waals surface area (Å²) in [4.78, 5) is 10.0. The fourth-order valence-electron chi connectivity index (χ4n) is 1.02. The second-order valence-corrected chi connectivity index (χ2v) is 2.63. The van der Waals surface area contributed by atoms with E-state index in [0.29, 0.717) is 0 Å². The molecule has 13 heavy (non-hydrogen) atoms. The van der Waals surface area contributed by atoms with Gasteiger partial charge in [0.1, 0.15) is 5.82 Å². The van der Waals surface area contributed by atoms with Crippen molar-refractivity contribution in [3.05, 3.63) is 33.5 Å². The Labute approximate surface area is 72.4 Å². The van der Waals surface area contributed by atoms with Crippen LogP contribution in [-0.4, -0.2) is 0 Å². The molecule has 0 fully saturated rings. The van der Waals surface area contributed by atoms with Gasteiger partial charge in [-0.2, -0.15) is 0 Å².